The molecule has 1 aliphatic heterocycles. The van der Waals surface area contributed by atoms with Gasteiger partial charge in [-0.1, -0.05) is 33.8 Å². The van der Waals surface area contributed by atoms with Gasteiger partial charge in [-0.15, -0.1) is 6.58 Å². The van der Waals surface area contributed by atoms with E-state index in [1.54, 1.807) is 0 Å². The van der Waals surface area contributed by atoms with Crippen LogP contribution in [0.4, 0.5) is 0 Å². The van der Waals surface area contributed by atoms with Crippen molar-refractivity contribution in [3.8, 4) is 0 Å². The summed E-state index contributed by atoms with van der Waals surface area (Å²) in [6.45, 7) is 19.0. The molecule has 0 N–H and O–H groups in total. The van der Waals surface area contributed by atoms with Crippen LogP contribution in [0.3, 0.4) is 0 Å². The molecular weight excluding hydrogens is 196 g/mol. The molecule has 0 aliphatic carbocycles. The van der Waals surface area contributed by atoms with Gasteiger partial charge >= 0.3 is 0 Å². The minimum absolute atomic E-state index is 0.747. The summed E-state index contributed by atoms with van der Waals surface area (Å²) in [7, 11) is 0. The molecule has 94 valence electrons. The van der Waals surface area contributed by atoms with E-state index in [1.807, 2.05) is 6.08 Å². The van der Waals surface area contributed by atoms with Crippen molar-refractivity contribution in [2.45, 2.75) is 33.7 Å². The van der Waals surface area contributed by atoms with Crippen LogP contribution in [-0.4, -0.2) is 48.6 Å². The molecule has 2 nitrogen and oxygen atoms in total. The summed E-state index contributed by atoms with van der Waals surface area (Å²) in [5.41, 5.74) is 0. The van der Waals surface area contributed by atoms with Crippen LogP contribution >= 0.6 is 0 Å². The van der Waals surface area contributed by atoms with Crippen molar-refractivity contribution in [1.82, 2.24) is 9.80 Å². The van der Waals surface area contributed by atoms with Crippen molar-refractivity contribution in [3.05, 3.63) is 12.7 Å². The second kappa shape index (κ2) is 6.41. The lowest BCUT2D eigenvalue weighted by Crippen LogP contribution is -2.33. The first-order valence-corrected chi connectivity index (χ1v) is 6.60. The van der Waals surface area contributed by atoms with Crippen LogP contribution in [0.1, 0.15) is 27.7 Å². The number of nitrogens with zero attached hydrogens (tertiary/aromatic N) is 2. The molecule has 1 saturated heterocycles. The Morgan fingerprint density at radius 1 is 1.31 bits per heavy atom. The zero-order chi connectivity index (χ0) is 12.1. The SMILES string of the molecule is C=CCN(CC(C)C)CC1CN1CC(C)C. The predicted molar refractivity (Wildman–Crippen MR) is 71.7 cm³/mol. The summed E-state index contributed by atoms with van der Waals surface area (Å²) in [6.07, 6.45) is 2.03. The van der Waals surface area contributed by atoms with Gasteiger partial charge in [-0.25, -0.2) is 0 Å². The van der Waals surface area contributed by atoms with Crippen molar-refractivity contribution in [2.24, 2.45) is 11.8 Å². The Labute approximate surface area is 101 Å². The molecule has 0 radical (unpaired) electrons. The summed E-state index contributed by atoms with van der Waals surface area (Å²) in [5, 5.41) is 0. The average Bonchev–Trinajstić information content (AvgIpc) is 2.81. The van der Waals surface area contributed by atoms with Gasteiger partial charge in [-0.05, 0) is 11.8 Å². The van der Waals surface area contributed by atoms with E-state index < -0.39 is 0 Å². The van der Waals surface area contributed by atoms with Gasteiger partial charge in [0.05, 0.1) is 0 Å². The second-order valence-electron chi connectivity index (χ2n) is 5.90. The second-order valence-corrected chi connectivity index (χ2v) is 5.90. The molecule has 0 bridgehead atoms. The van der Waals surface area contributed by atoms with Crippen LogP contribution in [0.25, 0.3) is 0 Å². The lowest BCUT2D eigenvalue weighted by molar-refractivity contribution is 0.254. The van der Waals surface area contributed by atoms with Crippen LogP contribution in [0.2, 0.25) is 0 Å². The molecule has 0 aromatic carbocycles. The van der Waals surface area contributed by atoms with Gasteiger partial charge in [0.1, 0.15) is 0 Å². The fourth-order valence-corrected chi connectivity index (χ4v) is 2.31. The molecule has 2 unspecified atom stereocenters. The quantitative estimate of drug-likeness (QED) is 0.461. The summed E-state index contributed by atoms with van der Waals surface area (Å²) in [5.74, 6) is 1.54. The normalized spacial score (nSPS) is 24.4. The Balaban J connectivity index is 2.25. The van der Waals surface area contributed by atoms with Gasteiger partial charge in [0.25, 0.3) is 0 Å². The van der Waals surface area contributed by atoms with E-state index in [-0.39, 0.29) is 0 Å². The van der Waals surface area contributed by atoms with Gasteiger partial charge < -0.3 is 0 Å². The van der Waals surface area contributed by atoms with Crippen molar-refractivity contribution in [3.63, 3.8) is 0 Å². The van der Waals surface area contributed by atoms with E-state index in [9.17, 15) is 0 Å². The maximum atomic E-state index is 3.85. The van der Waals surface area contributed by atoms with Gasteiger partial charge in [0.2, 0.25) is 0 Å². The van der Waals surface area contributed by atoms with Gasteiger partial charge in [0.15, 0.2) is 0 Å². The lowest BCUT2D eigenvalue weighted by atomic mass is 10.2. The number of hydrogen-bond acceptors (Lipinski definition) is 2. The first kappa shape index (κ1) is 13.7. The molecule has 2 atom stereocenters. The van der Waals surface area contributed by atoms with Crippen LogP contribution in [-0.2, 0) is 0 Å². The van der Waals surface area contributed by atoms with E-state index in [0.717, 1.165) is 24.4 Å². The predicted octanol–water partition coefficient (Wildman–Crippen LogP) is 2.47. The van der Waals surface area contributed by atoms with E-state index in [2.05, 4.69) is 44.1 Å². The first-order valence-electron chi connectivity index (χ1n) is 6.60. The maximum Gasteiger partial charge on any atom is 0.0351 e. The highest BCUT2D eigenvalue weighted by molar-refractivity contribution is 4.93. The Kier molecular flexibility index (Phi) is 5.50. The molecule has 16 heavy (non-hydrogen) atoms. The number of hydrogen-bond donors (Lipinski definition) is 0. The molecular formula is C14H28N2. The minimum Gasteiger partial charge on any atom is -0.298 e. The van der Waals surface area contributed by atoms with Crippen molar-refractivity contribution in [1.29, 1.82) is 0 Å². The minimum atomic E-state index is 0.747. The largest absolute Gasteiger partial charge is 0.298 e. The van der Waals surface area contributed by atoms with E-state index >= 15 is 0 Å². The van der Waals surface area contributed by atoms with Crippen LogP contribution in [0, 0.1) is 11.8 Å². The highest BCUT2D eigenvalue weighted by Gasteiger charge is 2.34. The maximum absolute atomic E-state index is 3.85. The zero-order valence-corrected chi connectivity index (χ0v) is 11.4. The smallest absolute Gasteiger partial charge is 0.0351 e. The monoisotopic (exact) mass is 224 g/mol. The molecule has 0 aromatic rings. The fraction of sp³-hybridized carbons (Fsp3) is 0.857. The molecule has 2 heteroatoms. The average molecular weight is 224 g/mol. The Hall–Kier alpha value is -0.340. The van der Waals surface area contributed by atoms with Crippen LogP contribution in [0.5, 0.6) is 0 Å². The summed E-state index contributed by atoms with van der Waals surface area (Å²) in [6, 6.07) is 0.807. The summed E-state index contributed by atoms with van der Waals surface area (Å²) >= 11 is 0. The van der Waals surface area contributed by atoms with Crippen molar-refractivity contribution < 1.29 is 0 Å². The Bertz CT molecular complexity index is 211. The molecule has 0 amide bonds. The highest BCUT2D eigenvalue weighted by atomic mass is 15.3. The van der Waals surface area contributed by atoms with Gasteiger partial charge in [-0.3, -0.25) is 9.80 Å². The standard InChI is InChI=1S/C14H28N2/c1-6-7-15(8-12(2)3)10-14-11-16(14)9-13(4)5/h6,12-14H,1,7-11H2,2-5H3. The van der Waals surface area contributed by atoms with Gasteiger partial charge in [0, 0.05) is 38.8 Å². The molecule has 1 fully saturated rings. The molecule has 1 rings (SSSR count). The van der Waals surface area contributed by atoms with E-state index in [4.69, 9.17) is 0 Å². The molecule has 0 saturated carbocycles. The molecule has 1 aliphatic rings. The van der Waals surface area contributed by atoms with Crippen LogP contribution in [0.15, 0.2) is 12.7 Å². The molecule has 1 heterocycles. The van der Waals surface area contributed by atoms with Crippen molar-refractivity contribution >= 4 is 0 Å². The first-order chi connectivity index (χ1) is 7.52. The number of rotatable bonds is 8. The van der Waals surface area contributed by atoms with Crippen molar-refractivity contribution in [2.75, 3.05) is 32.7 Å². The third kappa shape index (κ3) is 5.13. The lowest BCUT2D eigenvalue weighted by Gasteiger charge is -2.22. The van der Waals surface area contributed by atoms with E-state index in [1.165, 1.54) is 26.2 Å². The fourth-order valence-electron chi connectivity index (χ4n) is 2.31. The van der Waals surface area contributed by atoms with Crippen LogP contribution < -0.4 is 0 Å². The van der Waals surface area contributed by atoms with Gasteiger partial charge in [-0.2, -0.15) is 0 Å². The Morgan fingerprint density at radius 3 is 2.50 bits per heavy atom. The topological polar surface area (TPSA) is 6.25 Å². The zero-order valence-electron chi connectivity index (χ0n) is 11.4. The third-order valence-corrected chi connectivity index (χ3v) is 2.91. The third-order valence-electron chi connectivity index (χ3n) is 2.91. The molecule has 0 aromatic heterocycles. The molecule has 0 spiro atoms. The summed E-state index contributed by atoms with van der Waals surface area (Å²) < 4.78 is 0. The van der Waals surface area contributed by atoms with E-state index in [0.29, 0.717) is 0 Å². The summed E-state index contributed by atoms with van der Waals surface area (Å²) in [4.78, 5) is 5.11. The Morgan fingerprint density at radius 2 is 2.00 bits per heavy atom. The highest BCUT2D eigenvalue weighted by Crippen LogP contribution is 2.20.